The molecule has 1 fully saturated rings. The third kappa shape index (κ3) is 4.12. The summed E-state index contributed by atoms with van der Waals surface area (Å²) in [5, 5.41) is 0. The SMILES string of the molecule is CN1CCC(CN(C)CC(=O)c2ccccc2F)CC1. The van der Waals surface area contributed by atoms with Crippen LogP contribution in [-0.4, -0.2) is 55.9 Å². The molecule has 0 N–H and O–H groups in total. The minimum absolute atomic E-state index is 0.140. The zero-order chi connectivity index (χ0) is 14.5. The first-order chi connectivity index (χ1) is 9.56. The Hall–Kier alpha value is -1.26. The fourth-order valence-corrected chi connectivity index (χ4v) is 2.77. The molecule has 4 heteroatoms. The molecule has 0 atom stereocenters. The molecular formula is C16H23FN2O. The molecule has 1 aliphatic heterocycles. The Kier molecular flexibility index (Phi) is 5.26. The van der Waals surface area contributed by atoms with E-state index in [1.165, 1.54) is 18.9 Å². The molecule has 3 nitrogen and oxygen atoms in total. The number of benzene rings is 1. The number of hydrogen-bond donors (Lipinski definition) is 0. The smallest absolute Gasteiger partial charge is 0.179 e. The second-order valence-electron chi connectivity index (χ2n) is 5.85. The first-order valence-electron chi connectivity index (χ1n) is 7.21. The van der Waals surface area contributed by atoms with Gasteiger partial charge in [-0.25, -0.2) is 4.39 Å². The van der Waals surface area contributed by atoms with E-state index >= 15 is 0 Å². The fraction of sp³-hybridized carbons (Fsp3) is 0.562. The van der Waals surface area contributed by atoms with Gasteiger partial charge in [0.15, 0.2) is 5.78 Å². The van der Waals surface area contributed by atoms with E-state index in [0.717, 1.165) is 19.6 Å². The average Bonchev–Trinajstić information content (AvgIpc) is 2.41. The highest BCUT2D eigenvalue weighted by atomic mass is 19.1. The van der Waals surface area contributed by atoms with E-state index in [9.17, 15) is 9.18 Å². The number of Topliss-reactive ketones (excluding diaryl/α,β-unsaturated/α-hetero) is 1. The molecule has 2 rings (SSSR count). The highest BCUT2D eigenvalue weighted by Gasteiger charge is 2.20. The van der Waals surface area contributed by atoms with E-state index in [4.69, 9.17) is 0 Å². The Morgan fingerprint density at radius 3 is 2.65 bits per heavy atom. The first-order valence-corrected chi connectivity index (χ1v) is 7.21. The van der Waals surface area contributed by atoms with Crippen LogP contribution >= 0.6 is 0 Å². The lowest BCUT2D eigenvalue weighted by Gasteiger charge is -2.31. The topological polar surface area (TPSA) is 23.6 Å². The highest BCUT2D eigenvalue weighted by molar-refractivity contribution is 5.97. The molecule has 0 aromatic heterocycles. The molecule has 0 spiro atoms. The third-order valence-corrected chi connectivity index (χ3v) is 4.00. The minimum atomic E-state index is -0.426. The van der Waals surface area contributed by atoms with Crippen molar-refractivity contribution in [1.82, 2.24) is 9.80 Å². The molecule has 20 heavy (non-hydrogen) atoms. The van der Waals surface area contributed by atoms with Gasteiger partial charge < -0.3 is 4.90 Å². The van der Waals surface area contributed by atoms with E-state index in [0.29, 0.717) is 5.92 Å². The standard InChI is InChI=1S/C16H23FN2O/c1-18-9-7-13(8-10-18)11-19(2)12-16(20)14-5-3-4-6-15(14)17/h3-6,13H,7-12H2,1-2H3. The van der Waals surface area contributed by atoms with Crippen LogP contribution in [-0.2, 0) is 0 Å². The monoisotopic (exact) mass is 278 g/mol. The van der Waals surface area contributed by atoms with Crippen LogP contribution < -0.4 is 0 Å². The van der Waals surface area contributed by atoms with Crippen molar-refractivity contribution in [2.75, 3.05) is 40.3 Å². The van der Waals surface area contributed by atoms with Gasteiger partial charge in [-0.3, -0.25) is 9.69 Å². The van der Waals surface area contributed by atoms with E-state index in [1.807, 2.05) is 11.9 Å². The number of likely N-dealkylation sites (tertiary alicyclic amines) is 1. The van der Waals surface area contributed by atoms with Crippen molar-refractivity contribution in [3.8, 4) is 0 Å². The summed E-state index contributed by atoms with van der Waals surface area (Å²) in [5.74, 6) is 0.0772. The molecule has 1 aliphatic rings. The summed E-state index contributed by atoms with van der Waals surface area (Å²) >= 11 is 0. The average molecular weight is 278 g/mol. The summed E-state index contributed by atoms with van der Waals surface area (Å²) in [5.41, 5.74) is 0.197. The molecule has 0 aliphatic carbocycles. The van der Waals surface area contributed by atoms with Gasteiger partial charge in [0.05, 0.1) is 12.1 Å². The van der Waals surface area contributed by atoms with Crippen LogP contribution in [0.5, 0.6) is 0 Å². The maximum Gasteiger partial charge on any atom is 0.179 e. The van der Waals surface area contributed by atoms with Crippen LogP contribution in [0.3, 0.4) is 0 Å². The van der Waals surface area contributed by atoms with Crippen molar-refractivity contribution >= 4 is 5.78 Å². The summed E-state index contributed by atoms with van der Waals surface area (Å²) in [6.45, 7) is 3.45. The van der Waals surface area contributed by atoms with Gasteiger partial charge in [-0.1, -0.05) is 12.1 Å². The van der Waals surface area contributed by atoms with Crippen molar-refractivity contribution < 1.29 is 9.18 Å². The second-order valence-corrected chi connectivity index (χ2v) is 5.85. The van der Waals surface area contributed by atoms with Crippen molar-refractivity contribution in [2.45, 2.75) is 12.8 Å². The van der Waals surface area contributed by atoms with Gasteiger partial charge >= 0.3 is 0 Å². The van der Waals surface area contributed by atoms with Gasteiger partial charge in [-0.15, -0.1) is 0 Å². The van der Waals surface area contributed by atoms with Crippen LogP contribution in [0.2, 0.25) is 0 Å². The van der Waals surface area contributed by atoms with Crippen molar-refractivity contribution in [2.24, 2.45) is 5.92 Å². The van der Waals surface area contributed by atoms with Crippen molar-refractivity contribution in [3.63, 3.8) is 0 Å². The summed E-state index contributed by atoms with van der Waals surface area (Å²) < 4.78 is 13.5. The van der Waals surface area contributed by atoms with Crippen LogP contribution in [0.25, 0.3) is 0 Å². The number of hydrogen-bond acceptors (Lipinski definition) is 3. The number of likely N-dealkylation sites (N-methyl/N-ethyl adjacent to an activating group) is 1. The van der Waals surface area contributed by atoms with Crippen LogP contribution in [0, 0.1) is 11.7 Å². The Labute approximate surface area is 120 Å². The Morgan fingerprint density at radius 1 is 1.35 bits per heavy atom. The number of rotatable bonds is 5. The second kappa shape index (κ2) is 6.95. The number of halogens is 1. The van der Waals surface area contributed by atoms with Gasteiger partial charge in [0.2, 0.25) is 0 Å². The Bertz CT molecular complexity index is 456. The molecule has 0 bridgehead atoms. The quantitative estimate of drug-likeness (QED) is 0.772. The lowest BCUT2D eigenvalue weighted by atomic mass is 9.96. The lowest BCUT2D eigenvalue weighted by Crippen LogP contribution is -2.37. The zero-order valence-corrected chi connectivity index (χ0v) is 12.3. The number of carbonyl (C=O) groups is 1. The van der Waals surface area contributed by atoms with Gasteiger partial charge in [-0.2, -0.15) is 0 Å². The summed E-state index contributed by atoms with van der Waals surface area (Å²) in [6, 6.07) is 6.20. The van der Waals surface area contributed by atoms with Crippen molar-refractivity contribution in [1.29, 1.82) is 0 Å². The fourth-order valence-electron chi connectivity index (χ4n) is 2.77. The predicted molar refractivity (Wildman–Crippen MR) is 78.4 cm³/mol. The number of carbonyl (C=O) groups excluding carboxylic acids is 1. The Morgan fingerprint density at radius 2 is 2.00 bits per heavy atom. The molecule has 1 aromatic rings. The van der Waals surface area contributed by atoms with E-state index < -0.39 is 5.82 Å². The van der Waals surface area contributed by atoms with E-state index in [2.05, 4.69) is 11.9 Å². The maximum absolute atomic E-state index is 13.5. The summed E-state index contributed by atoms with van der Waals surface area (Å²) in [6.07, 6.45) is 2.35. The van der Waals surface area contributed by atoms with Crippen LogP contribution in [0.4, 0.5) is 4.39 Å². The molecule has 1 heterocycles. The minimum Gasteiger partial charge on any atom is -0.306 e. The highest BCUT2D eigenvalue weighted by Crippen LogP contribution is 2.17. The molecule has 0 unspecified atom stereocenters. The summed E-state index contributed by atoms with van der Waals surface area (Å²) in [7, 11) is 4.08. The lowest BCUT2D eigenvalue weighted by molar-refractivity contribution is 0.0921. The molecule has 1 saturated heterocycles. The molecular weight excluding hydrogens is 255 g/mol. The number of ketones is 1. The van der Waals surface area contributed by atoms with E-state index in [1.54, 1.807) is 18.2 Å². The molecule has 0 saturated carbocycles. The molecule has 0 amide bonds. The normalized spacial score (nSPS) is 17.6. The van der Waals surface area contributed by atoms with Gasteiger partial charge in [0, 0.05) is 6.54 Å². The van der Waals surface area contributed by atoms with E-state index in [-0.39, 0.29) is 17.9 Å². The first kappa shape index (κ1) is 15.1. The third-order valence-electron chi connectivity index (χ3n) is 4.00. The zero-order valence-electron chi connectivity index (χ0n) is 12.3. The molecule has 0 radical (unpaired) electrons. The molecule has 110 valence electrons. The summed E-state index contributed by atoms with van der Waals surface area (Å²) in [4.78, 5) is 16.4. The van der Waals surface area contributed by atoms with Crippen LogP contribution in [0.15, 0.2) is 24.3 Å². The maximum atomic E-state index is 13.5. The van der Waals surface area contributed by atoms with Gasteiger partial charge in [0.25, 0.3) is 0 Å². The van der Waals surface area contributed by atoms with Gasteiger partial charge in [-0.05, 0) is 58.1 Å². The Balaban J connectivity index is 1.84. The predicted octanol–water partition coefficient (Wildman–Crippen LogP) is 2.28. The van der Waals surface area contributed by atoms with Gasteiger partial charge in [0.1, 0.15) is 5.82 Å². The number of nitrogens with zero attached hydrogens (tertiary/aromatic N) is 2. The number of piperidine rings is 1. The van der Waals surface area contributed by atoms with Crippen LogP contribution in [0.1, 0.15) is 23.2 Å². The largest absolute Gasteiger partial charge is 0.306 e. The van der Waals surface area contributed by atoms with Crippen molar-refractivity contribution in [3.05, 3.63) is 35.6 Å². The molecule has 1 aromatic carbocycles.